The van der Waals surface area contributed by atoms with Crippen LogP contribution in [0.2, 0.25) is 5.02 Å². The molecule has 0 aromatic carbocycles. The Balaban J connectivity index is 1.54. The summed E-state index contributed by atoms with van der Waals surface area (Å²) in [6.07, 6.45) is 5.74. The maximum Gasteiger partial charge on any atom is 0.188 e. The van der Waals surface area contributed by atoms with Gasteiger partial charge in [-0.3, -0.25) is 9.88 Å². The number of likely N-dealkylation sites (tertiary alicyclic amines) is 1. The molecule has 0 spiro atoms. The Morgan fingerprint density at radius 3 is 2.85 bits per heavy atom. The number of nitrogens with one attached hydrogen (secondary N) is 1. The molecule has 0 amide bonds. The van der Waals surface area contributed by atoms with E-state index in [2.05, 4.69) is 20.2 Å². The van der Waals surface area contributed by atoms with E-state index >= 15 is 0 Å². The molecule has 1 aliphatic rings. The molecule has 1 atom stereocenters. The normalized spacial score (nSPS) is 17.4. The zero-order valence-corrected chi connectivity index (χ0v) is 16.9. The summed E-state index contributed by atoms with van der Waals surface area (Å²) in [6, 6.07) is 6.02. The van der Waals surface area contributed by atoms with Crippen LogP contribution < -0.4 is 5.32 Å². The van der Waals surface area contributed by atoms with Gasteiger partial charge in [0.15, 0.2) is 5.13 Å². The highest BCUT2D eigenvalue weighted by Crippen LogP contribution is 2.32. The van der Waals surface area contributed by atoms with Gasteiger partial charge in [-0.05, 0) is 45.4 Å². The molecular formula is C19H21ClN6S. The van der Waals surface area contributed by atoms with Crippen molar-refractivity contribution in [3.05, 3.63) is 57.7 Å². The molecule has 1 unspecified atom stereocenters. The second-order valence-electron chi connectivity index (χ2n) is 6.75. The van der Waals surface area contributed by atoms with E-state index in [9.17, 15) is 0 Å². The van der Waals surface area contributed by atoms with E-state index in [0.717, 1.165) is 54.1 Å². The second kappa shape index (κ2) is 7.88. The van der Waals surface area contributed by atoms with Crippen molar-refractivity contribution in [2.45, 2.75) is 39.3 Å². The molecule has 0 saturated carbocycles. The number of aryl methyl sites for hydroxylation is 2. The van der Waals surface area contributed by atoms with E-state index in [0.29, 0.717) is 5.02 Å². The first-order valence-electron chi connectivity index (χ1n) is 8.96. The van der Waals surface area contributed by atoms with Crippen molar-refractivity contribution in [2.24, 2.45) is 0 Å². The molecule has 3 aromatic rings. The predicted molar refractivity (Wildman–Crippen MR) is 109 cm³/mol. The first-order chi connectivity index (χ1) is 13.1. The van der Waals surface area contributed by atoms with Crippen LogP contribution in [0.1, 0.15) is 41.0 Å². The third kappa shape index (κ3) is 4.43. The lowest BCUT2D eigenvalue weighted by molar-refractivity contribution is 0.237. The third-order valence-electron chi connectivity index (χ3n) is 4.54. The van der Waals surface area contributed by atoms with E-state index in [1.165, 1.54) is 4.88 Å². The number of aromatic nitrogens is 4. The Labute approximate surface area is 167 Å². The summed E-state index contributed by atoms with van der Waals surface area (Å²) in [5, 5.41) is 4.82. The van der Waals surface area contributed by atoms with Crippen molar-refractivity contribution in [1.82, 2.24) is 24.8 Å². The summed E-state index contributed by atoms with van der Waals surface area (Å²) in [5.74, 6) is 1.65. The van der Waals surface area contributed by atoms with Gasteiger partial charge in [-0.1, -0.05) is 11.6 Å². The quantitative estimate of drug-likeness (QED) is 0.670. The van der Waals surface area contributed by atoms with Gasteiger partial charge in [-0.2, -0.15) is 0 Å². The lowest BCUT2D eigenvalue weighted by atomic mass is 10.2. The molecule has 8 heteroatoms. The first-order valence-corrected chi connectivity index (χ1v) is 10.2. The van der Waals surface area contributed by atoms with Gasteiger partial charge in [0.05, 0.1) is 16.8 Å². The van der Waals surface area contributed by atoms with Crippen LogP contribution in [0.4, 0.5) is 10.9 Å². The molecule has 0 radical (unpaired) electrons. The van der Waals surface area contributed by atoms with Crippen molar-refractivity contribution >= 4 is 33.9 Å². The van der Waals surface area contributed by atoms with Gasteiger partial charge in [-0.25, -0.2) is 15.0 Å². The Morgan fingerprint density at radius 1 is 1.22 bits per heavy atom. The van der Waals surface area contributed by atoms with Gasteiger partial charge in [-0.15, -0.1) is 11.3 Å². The number of pyridine rings is 1. The van der Waals surface area contributed by atoms with E-state index in [4.69, 9.17) is 21.6 Å². The molecule has 1 aliphatic heterocycles. The smallest absolute Gasteiger partial charge is 0.188 e. The molecule has 1 N–H and O–H groups in total. The number of halogens is 1. The lowest BCUT2D eigenvalue weighted by Crippen LogP contribution is -2.25. The zero-order chi connectivity index (χ0) is 18.8. The zero-order valence-electron chi connectivity index (χ0n) is 15.3. The number of nitrogens with zero attached hydrogens (tertiary/aromatic N) is 5. The number of thiazole rings is 1. The van der Waals surface area contributed by atoms with Crippen molar-refractivity contribution in [1.29, 1.82) is 0 Å². The fourth-order valence-corrected chi connectivity index (χ4v) is 4.13. The highest BCUT2D eigenvalue weighted by Gasteiger charge is 2.29. The van der Waals surface area contributed by atoms with E-state index in [1.54, 1.807) is 17.5 Å². The monoisotopic (exact) mass is 400 g/mol. The van der Waals surface area contributed by atoms with Crippen molar-refractivity contribution in [3.8, 4) is 0 Å². The Bertz CT molecular complexity index is 926. The van der Waals surface area contributed by atoms with Crippen molar-refractivity contribution in [2.75, 3.05) is 11.9 Å². The minimum absolute atomic E-state index is 0.195. The molecule has 0 bridgehead atoms. The van der Waals surface area contributed by atoms with Crippen LogP contribution in [-0.2, 0) is 6.54 Å². The third-order valence-corrected chi connectivity index (χ3v) is 5.60. The first kappa shape index (κ1) is 18.3. The van der Waals surface area contributed by atoms with Gasteiger partial charge in [0.2, 0.25) is 0 Å². The minimum Gasteiger partial charge on any atom is -0.316 e. The average molecular weight is 401 g/mol. The van der Waals surface area contributed by atoms with Crippen molar-refractivity contribution in [3.63, 3.8) is 0 Å². The van der Waals surface area contributed by atoms with Gasteiger partial charge < -0.3 is 5.32 Å². The summed E-state index contributed by atoms with van der Waals surface area (Å²) < 4.78 is 0. The minimum atomic E-state index is 0.195. The molecule has 0 aliphatic carbocycles. The predicted octanol–water partition coefficient (Wildman–Crippen LogP) is 4.68. The number of rotatable bonds is 5. The molecule has 4 heterocycles. The van der Waals surface area contributed by atoms with Crippen molar-refractivity contribution < 1.29 is 0 Å². The van der Waals surface area contributed by atoms with Crippen LogP contribution in [0.25, 0.3) is 0 Å². The number of hydrogen-bond acceptors (Lipinski definition) is 7. The van der Waals surface area contributed by atoms with E-state index in [-0.39, 0.29) is 6.04 Å². The number of anilines is 2. The van der Waals surface area contributed by atoms with Crippen LogP contribution in [0.5, 0.6) is 0 Å². The van der Waals surface area contributed by atoms with Crippen LogP contribution in [0, 0.1) is 13.8 Å². The summed E-state index contributed by atoms with van der Waals surface area (Å²) >= 11 is 7.57. The van der Waals surface area contributed by atoms with Gasteiger partial charge >= 0.3 is 0 Å². The Hall–Kier alpha value is -2.09. The fraction of sp³-hybridized carbons (Fsp3) is 0.368. The maximum absolute atomic E-state index is 5.95. The van der Waals surface area contributed by atoms with E-state index < -0.39 is 0 Å². The molecule has 1 fully saturated rings. The standard InChI is InChI=1S/C19H21ClN6S/c1-12-8-17(25-19-22-9-13(2)27-19)24-18(23-12)16-4-3-7-26(16)11-15-6-5-14(20)10-21-15/h5-6,8-10,16H,3-4,7,11H2,1-2H3,(H,22,23,24,25). The average Bonchev–Trinajstić information content (AvgIpc) is 3.25. The highest BCUT2D eigenvalue weighted by molar-refractivity contribution is 7.15. The van der Waals surface area contributed by atoms with Gasteiger partial charge in [0.1, 0.15) is 11.6 Å². The van der Waals surface area contributed by atoms with Gasteiger partial charge in [0, 0.05) is 35.6 Å². The summed E-state index contributed by atoms with van der Waals surface area (Å²) in [7, 11) is 0. The van der Waals surface area contributed by atoms with Crippen LogP contribution >= 0.6 is 22.9 Å². The molecule has 140 valence electrons. The molecule has 3 aromatic heterocycles. The molecular weight excluding hydrogens is 380 g/mol. The highest BCUT2D eigenvalue weighted by atomic mass is 35.5. The summed E-state index contributed by atoms with van der Waals surface area (Å²) in [5.41, 5.74) is 1.96. The fourth-order valence-electron chi connectivity index (χ4n) is 3.34. The summed E-state index contributed by atoms with van der Waals surface area (Å²) in [4.78, 5) is 21.9. The van der Waals surface area contributed by atoms with Crippen LogP contribution in [0.15, 0.2) is 30.6 Å². The van der Waals surface area contributed by atoms with E-state index in [1.807, 2.05) is 38.2 Å². The molecule has 6 nitrogen and oxygen atoms in total. The van der Waals surface area contributed by atoms with Crippen LogP contribution in [0.3, 0.4) is 0 Å². The SMILES string of the molecule is Cc1cc(Nc2ncc(C)s2)nc(C2CCCN2Cc2ccc(Cl)cn2)n1. The topological polar surface area (TPSA) is 66.8 Å². The Kier molecular flexibility index (Phi) is 5.33. The molecule has 1 saturated heterocycles. The Morgan fingerprint density at radius 2 is 2.11 bits per heavy atom. The van der Waals surface area contributed by atoms with Crippen LogP contribution in [-0.4, -0.2) is 31.4 Å². The van der Waals surface area contributed by atoms with Gasteiger partial charge in [0.25, 0.3) is 0 Å². The number of hydrogen-bond donors (Lipinski definition) is 1. The largest absolute Gasteiger partial charge is 0.316 e. The molecule has 4 rings (SSSR count). The second-order valence-corrected chi connectivity index (χ2v) is 8.42. The maximum atomic E-state index is 5.95. The lowest BCUT2D eigenvalue weighted by Gasteiger charge is -2.23. The molecule has 27 heavy (non-hydrogen) atoms. The summed E-state index contributed by atoms with van der Waals surface area (Å²) in [6.45, 7) is 5.83.